The van der Waals surface area contributed by atoms with E-state index in [9.17, 15) is 4.79 Å². The highest BCUT2D eigenvalue weighted by molar-refractivity contribution is 5.66. The Bertz CT molecular complexity index is 195. The molecule has 0 aromatic carbocycles. The molecule has 3 heteroatoms. The standard InChI is InChI=1S/C11H21NO2/c1-11(2,8-12-10(13)14-3)9-6-4-5-7-9/h9H,4-8H2,1-3H3,(H,12,13). The summed E-state index contributed by atoms with van der Waals surface area (Å²) in [6.45, 7) is 5.15. The van der Waals surface area contributed by atoms with Gasteiger partial charge in [0.15, 0.2) is 0 Å². The highest BCUT2D eigenvalue weighted by atomic mass is 16.5. The third-order valence-corrected chi connectivity index (χ3v) is 3.33. The lowest BCUT2D eigenvalue weighted by Crippen LogP contribution is -2.37. The largest absolute Gasteiger partial charge is 0.453 e. The first-order valence-electron chi connectivity index (χ1n) is 5.38. The minimum Gasteiger partial charge on any atom is -0.453 e. The number of amides is 1. The maximum atomic E-state index is 10.9. The predicted octanol–water partition coefficient (Wildman–Crippen LogP) is 2.56. The van der Waals surface area contributed by atoms with E-state index in [4.69, 9.17) is 0 Å². The van der Waals surface area contributed by atoms with Gasteiger partial charge in [-0.05, 0) is 24.2 Å². The molecule has 0 unspecified atom stereocenters. The summed E-state index contributed by atoms with van der Waals surface area (Å²) in [5.74, 6) is 0.750. The van der Waals surface area contributed by atoms with Gasteiger partial charge in [0.25, 0.3) is 0 Å². The van der Waals surface area contributed by atoms with E-state index in [1.54, 1.807) is 0 Å². The number of carbonyl (C=O) groups excluding carboxylic acids is 1. The van der Waals surface area contributed by atoms with Crippen LogP contribution in [0, 0.1) is 11.3 Å². The number of hydrogen-bond acceptors (Lipinski definition) is 2. The summed E-state index contributed by atoms with van der Waals surface area (Å²) in [6, 6.07) is 0. The van der Waals surface area contributed by atoms with Crippen molar-refractivity contribution in [2.75, 3.05) is 13.7 Å². The first kappa shape index (κ1) is 11.3. The molecular weight excluding hydrogens is 178 g/mol. The molecule has 1 aliphatic rings. The summed E-state index contributed by atoms with van der Waals surface area (Å²) in [5.41, 5.74) is 0.199. The molecular formula is C11H21NO2. The van der Waals surface area contributed by atoms with Crippen LogP contribution in [-0.2, 0) is 4.74 Å². The van der Waals surface area contributed by atoms with Crippen molar-refractivity contribution in [1.29, 1.82) is 0 Å². The number of alkyl carbamates (subject to hydrolysis) is 1. The van der Waals surface area contributed by atoms with E-state index in [0.29, 0.717) is 6.54 Å². The van der Waals surface area contributed by atoms with Crippen LogP contribution in [0.4, 0.5) is 4.79 Å². The second kappa shape index (κ2) is 4.67. The van der Waals surface area contributed by atoms with E-state index in [1.165, 1.54) is 32.8 Å². The molecule has 1 saturated carbocycles. The molecule has 0 bridgehead atoms. The molecule has 1 rings (SSSR count). The summed E-state index contributed by atoms with van der Waals surface area (Å²) >= 11 is 0. The van der Waals surface area contributed by atoms with E-state index in [1.807, 2.05) is 0 Å². The number of nitrogens with one attached hydrogen (secondary N) is 1. The summed E-state index contributed by atoms with van der Waals surface area (Å²) < 4.78 is 4.56. The zero-order valence-corrected chi connectivity index (χ0v) is 9.43. The van der Waals surface area contributed by atoms with Gasteiger partial charge in [-0.15, -0.1) is 0 Å². The Morgan fingerprint density at radius 3 is 2.50 bits per heavy atom. The Labute approximate surface area is 86.2 Å². The van der Waals surface area contributed by atoms with Crippen molar-refractivity contribution in [3.05, 3.63) is 0 Å². The molecule has 1 fully saturated rings. The Balaban J connectivity index is 2.36. The third kappa shape index (κ3) is 2.89. The highest BCUT2D eigenvalue weighted by Crippen LogP contribution is 2.38. The van der Waals surface area contributed by atoms with Crippen LogP contribution in [0.3, 0.4) is 0 Å². The Hall–Kier alpha value is -0.730. The molecule has 1 amide bonds. The Morgan fingerprint density at radius 2 is 2.00 bits per heavy atom. The van der Waals surface area contributed by atoms with Gasteiger partial charge in [0, 0.05) is 6.54 Å². The SMILES string of the molecule is COC(=O)NCC(C)(C)C1CCCC1. The molecule has 14 heavy (non-hydrogen) atoms. The molecule has 0 atom stereocenters. The van der Waals surface area contributed by atoms with Gasteiger partial charge in [0.1, 0.15) is 0 Å². The van der Waals surface area contributed by atoms with Crippen molar-refractivity contribution in [2.45, 2.75) is 39.5 Å². The van der Waals surface area contributed by atoms with Crippen LogP contribution in [0.1, 0.15) is 39.5 Å². The van der Waals surface area contributed by atoms with Crippen LogP contribution in [0.15, 0.2) is 0 Å². The van der Waals surface area contributed by atoms with E-state index in [0.717, 1.165) is 5.92 Å². The smallest absolute Gasteiger partial charge is 0.406 e. The molecule has 0 aromatic rings. The van der Waals surface area contributed by atoms with Crippen molar-refractivity contribution in [3.63, 3.8) is 0 Å². The van der Waals surface area contributed by atoms with Crippen molar-refractivity contribution in [3.8, 4) is 0 Å². The number of ether oxygens (including phenoxy) is 1. The number of methoxy groups -OCH3 is 1. The molecule has 1 aliphatic carbocycles. The van der Waals surface area contributed by atoms with Crippen LogP contribution < -0.4 is 5.32 Å². The maximum absolute atomic E-state index is 10.9. The van der Waals surface area contributed by atoms with Gasteiger partial charge in [-0.1, -0.05) is 26.7 Å². The van der Waals surface area contributed by atoms with Gasteiger partial charge >= 0.3 is 6.09 Å². The van der Waals surface area contributed by atoms with Crippen LogP contribution in [0.25, 0.3) is 0 Å². The molecule has 0 saturated heterocycles. The van der Waals surface area contributed by atoms with Gasteiger partial charge in [-0.3, -0.25) is 0 Å². The van der Waals surface area contributed by atoms with Crippen molar-refractivity contribution in [1.82, 2.24) is 5.32 Å². The normalized spacial score (nSPS) is 18.2. The first-order valence-corrected chi connectivity index (χ1v) is 5.38. The van der Waals surface area contributed by atoms with Crippen molar-refractivity contribution >= 4 is 6.09 Å². The van der Waals surface area contributed by atoms with Gasteiger partial charge in [-0.25, -0.2) is 4.79 Å². The monoisotopic (exact) mass is 199 g/mol. The van der Waals surface area contributed by atoms with Gasteiger partial charge in [0.2, 0.25) is 0 Å². The van der Waals surface area contributed by atoms with Crippen molar-refractivity contribution in [2.24, 2.45) is 11.3 Å². The second-order valence-corrected chi connectivity index (χ2v) is 4.82. The van der Waals surface area contributed by atoms with Crippen molar-refractivity contribution < 1.29 is 9.53 Å². The molecule has 82 valence electrons. The zero-order valence-electron chi connectivity index (χ0n) is 9.43. The summed E-state index contributed by atoms with van der Waals surface area (Å²) in [6.07, 6.45) is 4.96. The topological polar surface area (TPSA) is 38.3 Å². The Kier molecular flexibility index (Phi) is 3.78. The predicted molar refractivity (Wildman–Crippen MR) is 56.1 cm³/mol. The molecule has 0 aliphatic heterocycles. The van der Waals surface area contributed by atoms with Gasteiger partial charge in [0.05, 0.1) is 7.11 Å². The van der Waals surface area contributed by atoms with E-state index in [2.05, 4.69) is 23.9 Å². The molecule has 0 radical (unpaired) electrons. The van der Waals surface area contributed by atoms with Gasteiger partial charge in [-0.2, -0.15) is 0 Å². The minimum atomic E-state index is -0.323. The Morgan fingerprint density at radius 1 is 1.43 bits per heavy atom. The third-order valence-electron chi connectivity index (χ3n) is 3.33. The number of hydrogen-bond donors (Lipinski definition) is 1. The van der Waals surface area contributed by atoms with Crippen LogP contribution >= 0.6 is 0 Å². The van der Waals surface area contributed by atoms with E-state index in [-0.39, 0.29) is 11.5 Å². The molecule has 0 heterocycles. The number of carbonyl (C=O) groups is 1. The molecule has 1 N–H and O–H groups in total. The fourth-order valence-electron chi connectivity index (χ4n) is 2.22. The van der Waals surface area contributed by atoms with Crippen LogP contribution in [0.5, 0.6) is 0 Å². The zero-order chi connectivity index (χ0) is 10.6. The van der Waals surface area contributed by atoms with E-state index < -0.39 is 0 Å². The van der Waals surface area contributed by atoms with Crippen LogP contribution in [-0.4, -0.2) is 19.7 Å². The minimum absolute atomic E-state index is 0.199. The first-order chi connectivity index (χ1) is 6.56. The van der Waals surface area contributed by atoms with Crippen LogP contribution in [0.2, 0.25) is 0 Å². The van der Waals surface area contributed by atoms with E-state index >= 15 is 0 Å². The van der Waals surface area contributed by atoms with Gasteiger partial charge < -0.3 is 10.1 Å². The summed E-state index contributed by atoms with van der Waals surface area (Å²) in [7, 11) is 1.40. The summed E-state index contributed by atoms with van der Waals surface area (Å²) in [5, 5.41) is 2.79. The lowest BCUT2D eigenvalue weighted by Gasteiger charge is -2.31. The molecule has 0 spiro atoms. The molecule has 3 nitrogen and oxygen atoms in total. The maximum Gasteiger partial charge on any atom is 0.406 e. The fourth-order valence-corrected chi connectivity index (χ4v) is 2.22. The lowest BCUT2D eigenvalue weighted by atomic mass is 9.78. The lowest BCUT2D eigenvalue weighted by molar-refractivity contribution is 0.154. The second-order valence-electron chi connectivity index (χ2n) is 4.82. The quantitative estimate of drug-likeness (QED) is 0.758. The molecule has 0 aromatic heterocycles. The fraction of sp³-hybridized carbons (Fsp3) is 0.909. The highest BCUT2D eigenvalue weighted by Gasteiger charge is 2.31. The number of rotatable bonds is 3. The average Bonchev–Trinajstić information content (AvgIpc) is 2.67. The summed E-state index contributed by atoms with van der Waals surface area (Å²) in [4.78, 5) is 10.9. The average molecular weight is 199 g/mol.